The molecule has 0 amide bonds. The van der Waals surface area contributed by atoms with Crippen LogP contribution in [0.2, 0.25) is 0 Å². The van der Waals surface area contributed by atoms with E-state index in [4.69, 9.17) is 0 Å². The number of aromatic nitrogens is 2. The molecule has 1 aromatic rings. The molecule has 1 atom stereocenters. The van der Waals surface area contributed by atoms with Crippen LogP contribution in [0.4, 0.5) is 0 Å². The quantitative estimate of drug-likeness (QED) is 0.822. The van der Waals surface area contributed by atoms with Gasteiger partial charge < -0.3 is 0 Å². The summed E-state index contributed by atoms with van der Waals surface area (Å²) in [5.41, 5.74) is 0. The molecule has 0 N–H and O–H groups in total. The van der Waals surface area contributed by atoms with E-state index >= 15 is 0 Å². The highest BCUT2D eigenvalue weighted by Gasteiger charge is 2.33. The van der Waals surface area contributed by atoms with Crippen LogP contribution in [-0.4, -0.2) is 35.1 Å². The van der Waals surface area contributed by atoms with Gasteiger partial charge in [-0.2, -0.15) is 9.40 Å². The Balaban J connectivity index is 2.30. The Hall–Kier alpha value is -0.880. The molecule has 1 aliphatic heterocycles. The summed E-state index contributed by atoms with van der Waals surface area (Å²) >= 11 is 0. The molecule has 0 aromatic carbocycles. The molecule has 1 unspecified atom stereocenters. The smallest absolute Gasteiger partial charge is 0.246 e. The molecule has 96 valence electrons. The van der Waals surface area contributed by atoms with E-state index in [1.54, 1.807) is 17.5 Å². The van der Waals surface area contributed by atoms with E-state index in [1.807, 2.05) is 6.92 Å². The van der Waals surface area contributed by atoms with Gasteiger partial charge in [0.2, 0.25) is 10.0 Å². The average Bonchev–Trinajstić information content (AvgIpc) is 2.76. The monoisotopic (exact) mass is 257 g/mol. The molecule has 0 saturated carbocycles. The van der Waals surface area contributed by atoms with E-state index in [0.717, 1.165) is 25.7 Å². The van der Waals surface area contributed by atoms with Crippen LogP contribution in [0.25, 0.3) is 0 Å². The lowest BCUT2D eigenvalue weighted by Gasteiger charge is -2.33. The Morgan fingerprint density at radius 3 is 2.82 bits per heavy atom. The van der Waals surface area contributed by atoms with E-state index in [2.05, 4.69) is 5.10 Å². The summed E-state index contributed by atoms with van der Waals surface area (Å²) in [6.07, 6.45) is 6.91. The maximum Gasteiger partial charge on any atom is 0.246 e. The van der Waals surface area contributed by atoms with Gasteiger partial charge in [0.25, 0.3) is 0 Å². The van der Waals surface area contributed by atoms with Crippen molar-refractivity contribution in [1.29, 1.82) is 0 Å². The van der Waals surface area contributed by atoms with Crippen molar-refractivity contribution in [3.63, 3.8) is 0 Å². The Kier molecular flexibility index (Phi) is 3.53. The molecule has 5 nitrogen and oxygen atoms in total. The van der Waals surface area contributed by atoms with Gasteiger partial charge >= 0.3 is 0 Å². The zero-order chi connectivity index (χ0) is 12.5. The summed E-state index contributed by atoms with van der Waals surface area (Å²) in [4.78, 5) is 0.306. The summed E-state index contributed by atoms with van der Waals surface area (Å²) in [6, 6.07) is 0.147. The fourth-order valence-corrected chi connectivity index (χ4v) is 4.12. The van der Waals surface area contributed by atoms with Gasteiger partial charge in [0.1, 0.15) is 4.90 Å². The number of hydrogen-bond donors (Lipinski definition) is 0. The molecule has 2 rings (SSSR count). The van der Waals surface area contributed by atoms with Crippen molar-refractivity contribution in [1.82, 2.24) is 14.1 Å². The predicted molar refractivity (Wildman–Crippen MR) is 65.0 cm³/mol. The molecule has 1 aromatic heterocycles. The average molecular weight is 257 g/mol. The van der Waals surface area contributed by atoms with Crippen LogP contribution in [0.15, 0.2) is 17.3 Å². The number of sulfonamides is 1. The van der Waals surface area contributed by atoms with Gasteiger partial charge in [-0.15, -0.1) is 0 Å². The van der Waals surface area contributed by atoms with Crippen molar-refractivity contribution in [2.24, 2.45) is 7.05 Å². The van der Waals surface area contributed by atoms with E-state index < -0.39 is 10.0 Å². The molecule has 2 heterocycles. The van der Waals surface area contributed by atoms with Crippen LogP contribution in [0.1, 0.15) is 32.6 Å². The molecule has 1 saturated heterocycles. The molecule has 0 bridgehead atoms. The predicted octanol–water partition coefficient (Wildman–Crippen LogP) is 1.37. The Labute approximate surface area is 102 Å². The minimum absolute atomic E-state index is 0.147. The maximum absolute atomic E-state index is 12.4. The summed E-state index contributed by atoms with van der Waals surface area (Å²) in [5, 5.41) is 3.94. The number of nitrogens with zero attached hydrogens (tertiary/aromatic N) is 3. The Bertz CT molecular complexity index is 481. The zero-order valence-electron chi connectivity index (χ0n) is 10.3. The second kappa shape index (κ2) is 4.78. The molecule has 0 aliphatic carbocycles. The van der Waals surface area contributed by atoms with E-state index in [9.17, 15) is 8.42 Å². The number of piperidine rings is 1. The second-order valence-corrected chi connectivity index (χ2v) is 6.41. The molecule has 17 heavy (non-hydrogen) atoms. The van der Waals surface area contributed by atoms with Crippen LogP contribution < -0.4 is 0 Å². The summed E-state index contributed by atoms with van der Waals surface area (Å²) in [5.74, 6) is 0. The first-order chi connectivity index (χ1) is 8.05. The van der Waals surface area contributed by atoms with E-state index in [-0.39, 0.29) is 6.04 Å². The topological polar surface area (TPSA) is 55.2 Å². The fourth-order valence-electron chi connectivity index (χ4n) is 2.37. The number of rotatable bonds is 3. The molecule has 0 spiro atoms. The first-order valence-electron chi connectivity index (χ1n) is 6.06. The first-order valence-corrected chi connectivity index (χ1v) is 7.50. The van der Waals surface area contributed by atoms with Crippen LogP contribution >= 0.6 is 0 Å². The molecular weight excluding hydrogens is 238 g/mol. The normalized spacial score (nSPS) is 22.8. The Morgan fingerprint density at radius 1 is 1.47 bits per heavy atom. The van der Waals surface area contributed by atoms with Gasteiger partial charge in [0, 0.05) is 25.8 Å². The summed E-state index contributed by atoms with van der Waals surface area (Å²) in [6.45, 7) is 2.68. The second-order valence-electron chi connectivity index (χ2n) is 4.52. The van der Waals surface area contributed by atoms with Gasteiger partial charge in [-0.05, 0) is 19.3 Å². The highest BCUT2D eigenvalue weighted by atomic mass is 32.2. The third-order valence-corrected chi connectivity index (χ3v) is 5.24. The van der Waals surface area contributed by atoms with Crippen LogP contribution in [0, 0.1) is 0 Å². The van der Waals surface area contributed by atoms with Crippen LogP contribution in [0.5, 0.6) is 0 Å². The van der Waals surface area contributed by atoms with Crippen molar-refractivity contribution in [2.75, 3.05) is 6.54 Å². The highest BCUT2D eigenvalue weighted by molar-refractivity contribution is 7.89. The summed E-state index contributed by atoms with van der Waals surface area (Å²) < 4.78 is 28.1. The third kappa shape index (κ3) is 2.37. The lowest BCUT2D eigenvalue weighted by atomic mass is 10.0. The standard InChI is InChI=1S/C11H19N3O2S/c1-3-10-6-4-5-7-14(10)17(15,16)11-8-12-13(2)9-11/h8-10H,3-7H2,1-2H3. The van der Waals surface area contributed by atoms with Crippen molar-refractivity contribution < 1.29 is 8.42 Å². The third-order valence-electron chi connectivity index (χ3n) is 3.33. The molecule has 0 radical (unpaired) electrons. The lowest BCUT2D eigenvalue weighted by molar-refractivity contribution is 0.246. The molecule has 6 heteroatoms. The lowest BCUT2D eigenvalue weighted by Crippen LogP contribution is -2.43. The van der Waals surface area contributed by atoms with E-state index in [0.29, 0.717) is 11.4 Å². The van der Waals surface area contributed by atoms with Gasteiger partial charge in [-0.25, -0.2) is 8.42 Å². The van der Waals surface area contributed by atoms with Crippen LogP contribution in [-0.2, 0) is 17.1 Å². The molecule has 1 aliphatic rings. The fraction of sp³-hybridized carbons (Fsp3) is 0.727. The van der Waals surface area contributed by atoms with Gasteiger partial charge in [-0.1, -0.05) is 13.3 Å². The SMILES string of the molecule is CCC1CCCCN1S(=O)(=O)c1cnn(C)c1. The van der Waals surface area contributed by atoms with E-state index in [1.165, 1.54) is 10.9 Å². The van der Waals surface area contributed by atoms with Gasteiger partial charge in [-0.3, -0.25) is 4.68 Å². The minimum Gasteiger partial charge on any atom is -0.274 e. The molecule has 1 fully saturated rings. The van der Waals surface area contributed by atoms with Gasteiger partial charge in [0.15, 0.2) is 0 Å². The number of hydrogen-bond acceptors (Lipinski definition) is 3. The minimum atomic E-state index is -3.35. The van der Waals surface area contributed by atoms with Crippen molar-refractivity contribution >= 4 is 10.0 Å². The molecular formula is C11H19N3O2S. The first kappa shape index (κ1) is 12.6. The number of aryl methyl sites for hydroxylation is 1. The zero-order valence-corrected chi connectivity index (χ0v) is 11.2. The van der Waals surface area contributed by atoms with Gasteiger partial charge in [0.05, 0.1) is 6.20 Å². The van der Waals surface area contributed by atoms with Crippen molar-refractivity contribution in [3.05, 3.63) is 12.4 Å². The summed E-state index contributed by atoms with van der Waals surface area (Å²) in [7, 11) is -1.62. The van der Waals surface area contributed by atoms with Crippen molar-refractivity contribution in [2.45, 2.75) is 43.5 Å². The van der Waals surface area contributed by atoms with Crippen LogP contribution in [0.3, 0.4) is 0 Å². The van der Waals surface area contributed by atoms with Crippen molar-refractivity contribution in [3.8, 4) is 0 Å². The Morgan fingerprint density at radius 2 is 2.24 bits per heavy atom. The maximum atomic E-state index is 12.4. The largest absolute Gasteiger partial charge is 0.274 e. The highest BCUT2D eigenvalue weighted by Crippen LogP contribution is 2.26.